The molecule has 1 amide bonds. The molecule has 0 saturated carbocycles. The van der Waals surface area contributed by atoms with Crippen molar-refractivity contribution in [3.05, 3.63) is 0 Å². The maximum absolute atomic E-state index is 12.0. The van der Waals surface area contributed by atoms with Gasteiger partial charge in [-0.3, -0.25) is 4.79 Å². The summed E-state index contributed by atoms with van der Waals surface area (Å²) < 4.78 is 36.1. The van der Waals surface area contributed by atoms with Gasteiger partial charge in [-0.15, -0.1) is 0 Å². The Morgan fingerprint density at radius 1 is 1.54 bits per heavy atom. The van der Waals surface area contributed by atoms with E-state index < -0.39 is 24.2 Å². The monoisotopic (exact) mass is 194 g/mol. The van der Waals surface area contributed by atoms with Crippen LogP contribution in [0.5, 0.6) is 0 Å². The van der Waals surface area contributed by atoms with Gasteiger partial charge in [-0.05, 0) is 6.42 Å². The lowest BCUT2D eigenvalue weighted by atomic mass is 10.2. The number of alkyl halides is 3. The number of amides is 1. The largest absolute Gasteiger partial charge is 0.431 e. The van der Waals surface area contributed by atoms with Gasteiger partial charge in [-0.1, -0.05) is 6.92 Å². The van der Waals surface area contributed by atoms with E-state index in [-0.39, 0.29) is 6.54 Å². The average Bonchev–Trinajstić information content (AvgIpc) is 2.32. The van der Waals surface area contributed by atoms with Crippen molar-refractivity contribution in [1.29, 1.82) is 0 Å². The second kappa shape index (κ2) is 3.35. The predicted octanol–water partition coefficient (Wildman–Crippen LogP) is 1.55. The molecule has 0 N–H and O–H groups in total. The van der Waals surface area contributed by atoms with E-state index in [9.17, 15) is 18.0 Å². The van der Waals surface area contributed by atoms with Crippen LogP contribution in [-0.4, -0.2) is 29.3 Å². The minimum atomic E-state index is -4.47. The molecule has 0 bridgehead atoms. The van der Waals surface area contributed by atoms with Gasteiger partial charge in [-0.2, -0.15) is 18.3 Å². The van der Waals surface area contributed by atoms with Crippen molar-refractivity contribution in [2.75, 3.05) is 6.54 Å². The lowest BCUT2D eigenvalue weighted by molar-refractivity contribution is -0.128. The molecule has 0 spiro atoms. The molecule has 1 aliphatic rings. The van der Waals surface area contributed by atoms with Gasteiger partial charge in [0.1, 0.15) is 0 Å². The Labute approximate surface area is 73.2 Å². The zero-order chi connectivity index (χ0) is 10.1. The lowest BCUT2D eigenvalue weighted by Gasteiger charge is -2.08. The molecule has 6 heteroatoms. The maximum atomic E-state index is 12.0. The topological polar surface area (TPSA) is 32.7 Å². The predicted molar refractivity (Wildman–Crippen MR) is 40.1 cm³/mol. The molecular weight excluding hydrogens is 185 g/mol. The van der Waals surface area contributed by atoms with Gasteiger partial charge < -0.3 is 0 Å². The average molecular weight is 194 g/mol. The summed E-state index contributed by atoms with van der Waals surface area (Å²) >= 11 is 0. The van der Waals surface area contributed by atoms with Crippen LogP contribution in [0.15, 0.2) is 5.10 Å². The molecular formula is C7H9F3N2O. The SMILES string of the molecule is CCCN1N=C(C(F)(F)F)CC1=O. The van der Waals surface area contributed by atoms with Crippen molar-refractivity contribution in [3.63, 3.8) is 0 Å². The van der Waals surface area contributed by atoms with Gasteiger partial charge in [0.05, 0.1) is 6.42 Å². The molecule has 1 heterocycles. The van der Waals surface area contributed by atoms with Crippen LogP contribution in [0.1, 0.15) is 19.8 Å². The second-order valence-electron chi connectivity index (χ2n) is 2.74. The van der Waals surface area contributed by atoms with E-state index in [1.807, 2.05) is 0 Å². The van der Waals surface area contributed by atoms with Gasteiger partial charge in [0.15, 0.2) is 5.71 Å². The number of carbonyl (C=O) groups is 1. The third-order valence-corrected chi connectivity index (χ3v) is 1.61. The number of nitrogens with zero attached hydrogens (tertiary/aromatic N) is 2. The molecule has 13 heavy (non-hydrogen) atoms. The zero-order valence-corrected chi connectivity index (χ0v) is 7.06. The number of hydrogen-bond donors (Lipinski definition) is 0. The van der Waals surface area contributed by atoms with Crippen molar-refractivity contribution >= 4 is 11.6 Å². The van der Waals surface area contributed by atoms with Gasteiger partial charge in [-0.25, -0.2) is 5.01 Å². The van der Waals surface area contributed by atoms with Crippen molar-refractivity contribution in [2.24, 2.45) is 5.10 Å². The second-order valence-corrected chi connectivity index (χ2v) is 2.74. The summed E-state index contributed by atoms with van der Waals surface area (Å²) in [4.78, 5) is 10.9. The Morgan fingerprint density at radius 3 is 2.54 bits per heavy atom. The summed E-state index contributed by atoms with van der Waals surface area (Å²) in [6.45, 7) is 2.02. The van der Waals surface area contributed by atoms with Crippen LogP contribution in [-0.2, 0) is 4.79 Å². The van der Waals surface area contributed by atoms with Crippen molar-refractivity contribution in [2.45, 2.75) is 25.9 Å². The number of carbonyl (C=O) groups excluding carboxylic acids is 1. The van der Waals surface area contributed by atoms with Crippen molar-refractivity contribution in [3.8, 4) is 0 Å². The van der Waals surface area contributed by atoms with Gasteiger partial charge in [0.2, 0.25) is 5.91 Å². The van der Waals surface area contributed by atoms with Crippen LogP contribution in [0.2, 0.25) is 0 Å². The third kappa shape index (κ3) is 2.19. The first-order valence-electron chi connectivity index (χ1n) is 3.90. The summed E-state index contributed by atoms with van der Waals surface area (Å²) in [6, 6.07) is 0. The van der Waals surface area contributed by atoms with E-state index in [0.29, 0.717) is 6.42 Å². The number of halogens is 3. The van der Waals surface area contributed by atoms with Crippen molar-refractivity contribution < 1.29 is 18.0 Å². The molecule has 0 aliphatic carbocycles. The summed E-state index contributed by atoms with van der Waals surface area (Å²) in [6.07, 6.45) is -4.50. The molecule has 0 aromatic rings. The Balaban J connectivity index is 2.72. The van der Waals surface area contributed by atoms with Gasteiger partial charge in [0.25, 0.3) is 0 Å². The van der Waals surface area contributed by atoms with Crippen LogP contribution < -0.4 is 0 Å². The minimum Gasteiger partial charge on any atom is -0.273 e. The first-order chi connectivity index (χ1) is 5.95. The molecule has 1 aliphatic heterocycles. The summed E-state index contributed by atoms with van der Waals surface area (Å²) in [5.41, 5.74) is -0.994. The van der Waals surface area contributed by atoms with Gasteiger partial charge in [0, 0.05) is 6.54 Å². The fourth-order valence-corrected chi connectivity index (χ4v) is 1.01. The molecule has 0 fully saturated rings. The van der Waals surface area contributed by atoms with E-state index in [0.717, 1.165) is 5.01 Å². The zero-order valence-electron chi connectivity index (χ0n) is 7.06. The smallest absolute Gasteiger partial charge is 0.273 e. The molecule has 1 rings (SSSR count). The first-order valence-corrected chi connectivity index (χ1v) is 3.90. The van der Waals surface area contributed by atoms with E-state index in [4.69, 9.17) is 0 Å². The molecule has 0 unspecified atom stereocenters. The highest BCUT2D eigenvalue weighted by molar-refractivity contribution is 6.07. The number of hydrazone groups is 1. The summed E-state index contributed by atoms with van der Waals surface area (Å²) in [5.74, 6) is -0.575. The normalized spacial score (nSPS) is 18.0. The Morgan fingerprint density at radius 2 is 2.15 bits per heavy atom. The minimum absolute atomic E-state index is 0.248. The molecule has 0 atom stereocenters. The standard InChI is InChI=1S/C7H9F3N2O/c1-2-3-12-6(13)4-5(11-12)7(8,9)10/h2-4H2,1H3. The Hall–Kier alpha value is -1.07. The van der Waals surface area contributed by atoms with Gasteiger partial charge >= 0.3 is 6.18 Å². The van der Waals surface area contributed by atoms with Crippen molar-refractivity contribution in [1.82, 2.24) is 5.01 Å². The molecule has 0 aromatic carbocycles. The van der Waals surface area contributed by atoms with E-state index in [2.05, 4.69) is 5.10 Å². The number of rotatable bonds is 2. The van der Waals surface area contributed by atoms with E-state index >= 15 is 0 Å². The lowest BCUT2D eigenvalue weighted by Crippen LogP contribution is -2.22. The molecule has 3 nitrogen and oxygen atoms in total. The molecule has 74 valence electrons. The van der Waals surface area contributed by atoms with Crippen LogP contribution >= 0.6 is 0 Å². The van der Waals surface area contributed by atoms with Crippen LogP contribution in [0.4, 0.5) is 13.2 Å². The Kier molecular flexibility index (Phi) is 2.58. The molecule has 0 radical (unpaired) electrons. The maximum Gasteiger partial charge on any atom is 0.431 e. The fourth-order valence-electron chi connectivity index (χ4n) is 1.01. The van der Waals surface area contributed by atoms with E-state index in [1.165, 1.54) is 0 Å². The molecule has 0 saturated heterocycles. The van der Waals surface area contributed by atoms with Crippen LogP contribution in [0, 0.1) is 0 Å². The molecule has 0 aromatic heterocycles. The Bertz CT molecular complexity index is 247. The summed E-state index contributed by atoms with van der Waals surface area (Å²) in [5, 5.41) is 4.08. The summed E-state index contributed by atoms with van der Waals surface area (Å²) in [7, 11) is 0. The number of hydrogen-bond acceptors (Lipinski definition) is 2. The highest BCUT2D eigenvalue weighted by Gasteiger charge is 2.41. The fraction of sp³-hybridized carbons (Fsp3) is 0.714. The third-order valence-electron chi connectivity index (χ3n) is 1.61. The van der Waals surface area contributed by atoms with E-state index in [1.54, 1.807) is 6.92 Å². The van der Waals surface area contributed by atoms with Crippen LogP contribution in [0.3, 0.4) is 0 Å². The first kappa shape index (κ1) is 10.0. The van der Waals surface area contributed by atoms with Crippen LogP contribution in [0.25, 0.3) is 0 Å². The highest BCUT2D eigenvalue weighted by atomic mass is 19.4. The highest BCUT2D eigenvalue weighted by Crippen LogP contribution is 2.24. The quantitative estimate of drug-likeness (QED) is 0.656.